The lowest BCUT2D eigenvalue weighted by Crippen LogP contribution is -2.40. The first-order chi connectivity index (χ1) is 13.1. The van der Waals surface area contributed by atoms with Gasteiger partial charge in [0.15, 0.2) is 17.5 Å². The van der Waals surface area contributed by atoms with E-state index in [1.165, 1.54) is 6.42 Å². The van der Waals surface area contributed by atoms with E-state index < -0.39 is 5.82 Å². The number of carbonyl (C=O) groups is 1. The molecule has 2 aromatic rings. The first-order valence-electron chi connectivity index (χ1n) is 9.42. The lowest BCUT2D eigenvalue weighted by molar-refractivity contribution is 0.0933. The van der Waals surface area contributed by atoms with Gasteiger partial charge in [0.2, 0.25) is 0 Å². The highest BCUT2D eigenvalue weighted by Crippen LogP contribution is 2.19. The van der Waals surface area contributed by atoms with Crippen LogP contribution in [0.5, 0.6) is 0 Å². The monoisotopic (exact) mass is 371 g/mol. The summed E-state index contributed by atoms with van der Waals surface area (Å²) in [6.07, 6.45) is 3.49. The van der Waals surface area contributed by atoms with Gasteiger partial charge in [-0.3, -0.25) is 4.79 Å². The van der Waals surface area contributed by atoms with Gasteiger partial charge < -0.3 is 15.5 Å². The van der Waals surface area contributed by atoms with E-state index in [-0.39, 0.29) is 11.7 Å². The quantitative estimate of drug-likeness (QED) is 0.817. The molecule has 6 nitrogen and oxygen atoms in total. The molecule has 7 heteroatoms. The van der Waals surface area contributed by atoms with E-state index in [0.29, 0.717) is 23.9 Å². The Balaban J connectivity index is 1.60. The maximum absolute atomic E-state index is 13.5. The van der Waals surface area contributed by atoms with Crippen LogP contribution in [-0.4, -0.2) is 54.0 Å². The third kappa shape index (κ3) is 4.80. The van der Waals surface area contributed by atoms with E-state index in [4.69, 9.17) is 0 Å². The maximum atomic E-state index is 13.5. The number of amides is 1. The van der Waals surface area contributed by atoms with Gasteiger partial charge in [-0.25, -0.2) is 14.4 Å². The van der Waals surface area contributed by atoms with Crippen LogP contribution in [0, 0.1) is 11.7 Å². The van der Waals surface area contributed by atoms with E-state index >= 15 is 0 Å². The fraction of sp³-hybridized carbons (Fsp3) is 0.450. The third-order valence-electron chi connectivity index (χ3n) is 4.99. The highest BCUT2D eigenvalue weighted by molar-refractivity contribution is 5.94. The molecular weight excluding hydrogens is 345 g/mol. The van der Waals surface area contributed by atoms with E-state index in [0.717, 1.165) is 37.8 Å². The molecule has 0 spiro atoms. The molecule has 27 heavy (non-hydrogen) atoms. The zero-order valence-corrected chi connectivity index (χ0v) is 15.8. The van der Waals surface area contributed by atoms with Crippen molar-refractivity contribution in [1.29, 1.82) is 0 Å². The summed E-state index contributed by atoms with van der Waals surface area (Å²) >= 11 is 0. The van der Waals surface area contributed by atoms with E-state index in [1.54, 1.807) is 31.3 Å². The van der Waals surface area contributed by atoms with Gasteiger partial charge in [0, 0.05) is 31.3 Å². The van der Waals surface area contributed by atoms with Crippen molar-refractivity contribution in [3.05, 3.63) is 41.8 Å². The molecule has 2 N–H and O–H groups in total. The fourth-order valence-corrected chi connectivity index (χ4v) is 3.40. The number of hydrogen-bond acceptors (Lipinski definition) is 5. The molecule has 1 fully saturated rings. The van der Waals surface area contributed by atoms with Gasteiger partial charge in [-0.2, -0.15) is 0 Å². The van der Waals surface area contributed by atoms with Crippen LogP contribution in [0.15, 0.2) is 30.5 Å². The number of nitrogens with one attached hydrogen (secondary N) is 2. The van der Waals surface area contributed by atoms with Crippen LogP contribution < -0.4 is 10.6 Å². The molecule has 1 aromatic carbocycles. The largest absolute Gasteiger partial charge is 0.371 e. The zero-order chi connectivity index (χ0) is 19.2. The molecule has 0 aliphatic carbocycles. The van der Waals surface area contributed by atoms with E-state index in [9.17, 15) is 9.18 Å². The second-order valence-corrected chi connectivity index (χ2v) is 6.83. The molecule has 1 atom stereocenters. The van der Waals surface area contributed by atoms with Gasteiger partial charge in [-0.1, -0.05) is 19.1 Å². The summed E-state index contributed by atoms with van der Waals surface area (Å²) in [5.41, 5.74) is 1.33. The standard InChI is InChI=1S/C20H26FN5O/c1-3-26-10-4-5-14(13-26)11-24-20(27)16-8-6-15(7-9-16)18-23-12-17(21)19(22-2)25-18/h6-9,12,14H,3-5,10-11,13H2,1-2H3,(H,24,27)(H,22,23,25). The van der Waals surface area contributed by atoms with Crippen molar-refractivity contribution < 1.29 is 9.18 Å². The Morgan fingerprint density at radius 3 is 2.81 bits per heavy atom. The van der Waals surface area contributed by atoms with Crippen molar-refractivity contribution in [2.24, 2.45) is 5.92 Å². The zero-order valence-electron chi connectivity index (χ0n) is 15.8. The summed E-state index contributed by atoms with van der Waals surface area (Å²) in [5.74, 6) is 0.493. The summed E-state index contributed by atoms with van der Waals surface area (Å²) in [7, 11) is 1.61. The Morgan fingerprint density at radius 2 is 2.11 bits per heavy atom. The Kier molecular flexibility index (Phi) is 6.34. The average molecular weight is 371 g/mol. The molecule has 1 aliphatic rings. The second kappa shape index (κ2) is 8.90. The molecule has 1 aromatic heterocycles. The molecule has 3 rings (SSSR count). The summed E-state index contributed by atoms with van der Waals surface area (Å²) in [4.78, 5) is 23.0. The molecule has 144 valence electrons. The number of halogens is 1. The van der Waals surface area contributed by atoms with Crippen LogP contribution in [0.25, 0.3) is 11.4 Å². The number of aromatic nitrogens is 2. The van der Waals surface area contributed by atoms with Crippen molar-refractivity contribution in [3.8, 4) is 11.4 Å². The van der Waals surface area contributed by atoms with Crippen LogP contribution in [0.4, 0.5) is 10.2 Å². The highest BCUT2D eigenvalue weighted by atomic mass is 19.1. The number of nitrogens with zero attached hydrogens (tertiary/aromatic N) is 3. The highest BCUT2D eigenvalue weighted by Gasteiger charge is 2.19. The van der Waals surface area contributed by atoms with Crippen molar-refractivity contribution in [2.45, 2.75) is 19.8 Å². The third-order valence-corrected chi connectivity index (χ3v) is 4.99. The van der Waals surface area contributed by atoms with E-state index in [1.807, 2.05) is 0 Å². The van der Waals surface area contributed by atoms with E-state index in [2.05, 4.69) is 32.4 Å². The van der Waals surface area contributed by atoms with Crippen LogP contribution >= 0.6 is 0 Å². The van der Waals surface area contributed by atoms with Gasteiger partial charge in [-0.15, -0.1) is 0 Å². The van der Waals surface area contributed by atoms with Crippen molar-refractivity contribution in [1.82, 2.24) is 20.2 Å². The summed E-state index contributed by atoms with van der Waals surface area (Å²) < 4.78 is 13.5. The Labute approximate surface area is 159 Å². The Morgan fingerprint density at radius 1 is 1.33 bits per heavy atom. The molecule has 0 bridgehead atoms. The Bertz CT molecular complexity index is 780. The van der Waals surface area contributed by atoms with Gasteiger partial charge >= 0.3 is 0 Å². The molecule has 0 radical (unpaired) electrons. The molecule has 1 aliphatic heterocycles. The van der Waals surface area contributed by atoms with Crippen molar-refractivity contribution in [3.63, 3.8) is 0 Å². The number of rotatable bonds is 6. The van der Waals surface area contributed by atoms with Crippen molar-refractivity contribution in [2.75, 3.05) is 38.5 Å². The Hall–Kier alpha value is -2.54. The van der Waals surface area contributed by atoms with Crippen LogP contribution in [0.1, 0.15) is 30.1 Å². The molecule has 1 saturated heterocycles. The number of anilines is 1. The molecule has 0 saturated carbocycles. The summed E-state index contributed by atoms with van der Waals surface area (Å²) in [5, 5.41) is 5.74. The molecular formula is C20H26FN5O. The fourth-order valence-electron chi connectivity index (χ4n) is 3.40. The van der Waals surface area contributed by atoms with Gasteiger partial charge in [0.25, 0.3) is 5.91 Å². The first kappa shape index (κ1) is 19.2. The maximum Gasteiger partial charge on any atom is 0.251 e. The number of likely N-dealkylation sites (tertiary alicyclic amines) is 1. The van der Waals surface area contributed by atoms with Crippen LogP contribution in [-0.2, 0) is 0 Å². The molecule has 2 heterocycles. The minimum Gasteiger partial charge on any atom is -0.371 e. The number of benzene rings is 1. The minimum atomic E-state index is -0.499. The second-order valence-electron chi connectivity index (χ2n) is 6.83. The van der Waals surface area contributed by atoms with Crippen LogP contribution in [0.2, 0.25) is 0 Å². The lowest BCUT2D eigenvalue weighted by Gasteiger charge is -2.31. The predicted octanol–water partition coefficient (Wildman–Crippen LogP) is 2.79. The van der Waals surface area contributed by atoms with Gasteiger partial charge in [0.1, 0.15) is 0 Å². The normalized spacial score (nSPS) is 17.5. The number of carbonyl (C=O) groups excluding carboxylic acids is 1. The first-order valence-corrected chi connectivity index (χ1v) is 9.42. The molecule has 1 amide bonds. The van der Waals surface area contributed by atoms with Crippen molar-refractivity contribution >= 4 is 11.7 Å². The number of piperidine rings is 1. The van der Waals surface area contributed by atoms with Gasteiger partial charge in [0.05, 0.1) is 6.20 Å². The SMILES string of the molecule is CCN1CCCC(CNC(=O)c2ccc(-c3ncc(F)c(NC)n3)cc2)C1. The lowest BCUT2D eigenvalue weighted by atomic mass is 9.98. The average Bonchev–Trinajstić information content (AvgIpc) is 2.72. The van der Waals surface area contributed by atoms with Crippen LogP contribution in [0.3, 0.4) is 0 Å². The summed E-state index contributed by atoms with van der Waals surface area (Å²) in [6, 6.07) is 7.05. The smallest absolute Gasteiger partial charge is 0.251 e. The molecule has 1 unspecified atom stereocenters. The minimum absolute atomic E-state index is 0.0777. The number of hydrogen-bond donors (Lipinski definition) is 2. The predicted molar refractivity (Wildman–Crippen MR) is 104 cm³/mol. The van der Waals surface area contributed by atoms with Gasteiger partial charge in [-0.05, 0) is 44.0 Å². The summed E-state index contributed by atoms with van der Waals surface area (Å²) in [6.45, 7) is 6.14. The topological polar surface area (TPSA) is 70.2 Å².